The van der Waals surface area contributed by atoms with E-state index in [1.54, 1.807) is 18.5 Å². The summed E-state index contributed by atoms with van der Waals surface area (Å²) in [5.41, 5.74) is 2.71. The summed E-state index contributed by atoms with van der Waals surface area (Å²) < 4.78 is 0. The third kappa shape index (κ3) is 4.90. The van der Waals surface area contributed by atoms with Gasteiger partial charge in [0.05, 0.1) is 11.9 Å². The van der Waals surface area contributed by atoms with Crippen molar-refractivity contribution in [3.63, 3.8) is 0 Å². The minimum absolute atomic E-state index is 0.0125. The van der Waals surface area contributed by atoms with Gasteiger partial charge in [-0.15, -0.1) is 0 Å². The van der Waals surface area contributed by atoms with Crippen LogP contribution in [0.4, 0.5) is 11.5 Å². The zero-order valence-corrected chi connectivity index (χ0v) is 16.4. The fraction of sp³-hybridized carbons (Fsp3) is 0.261. The molecule has 0 unspecified atom stereocenters. The van der Waals surface area contributed by atoms with Crippen LogP contribution < -0.4 is 10.2 Å². The molecule has 0 atom stereocenters. The Bertz CT molecular complexity index is 907. The molecule has 1 amide bonds. The van der Waals surface area contributed by atoms with E-state index in [-0.39, 0.29) is 5.91 Å². The molecule has 4 rings (SSSR count). The highest BCUT2D eigenvalue weighted by molar-refractivity contribution is 5.92. The number of hydrogen-bond donors (Lipinski definition) is 1. The number of piperazine rings is 1. The van der Waals surface area contributed by atoms with Gasteiger partial charge in [0.1, 0.15) is 11.5 Å². The largest absolute Gasteiger partial charge is 0.383 e. The second kappa shape index (κ2) is 9.19. The summed E-state index contributed by atoms with van der Waals surface area (Å²) in [7, 11) is 0. The zero-order chi connectivity index (χ0) is 19.9. The molecule has 1 aliphatic heterocycles. The topological polar surface area (TPSA) is 61.4 Å². The molecule has 3 heterocycles. The Labute approximate surface area is 171 Å². The molecule has 1 fully saturated rings. The lowest BCUT2D eigenvalue weighted by Gasteiger charge is -2.35. The van der Waals surface area contributed by atoms with Gasteiger partial charge in [0.15, 0.2) is 0 Å². The predicted octanol–water partition coefficient (Wildman–Crippen LogP) is 3.09. The van der Waals surface area contributed by atoms with E-state index in [2.05, 4.69) is 32.3 Å². The number of nitrogens with one attached hydrogen (secondary N) is 1. The predicted molar refractivity (Wildman–Crippen MR) is 115 cm³/mol. The van der Waals surface area contributed by atoms with Crippen LogP contribution in [0.5, 0.6) is 0 Å². The van der Waals surface area contributed by atoms with Crippen molar-refractivity contribution in [3.05, 3.63) is 84.3 Å². The highest BCUT2D eigenvalue weighted by Gasteiger charge is 2.23. The summed E-state index contributed by atoms with van der Waals surface area (Å²) in [4.78, 5) is 25.6. The molecule has 3 aromatic rings. The summed E-state index contributed by atoms with van der Waals surface area (Å²) in [5.74, 6) is 0.949. The smallest absolute Gasteiger partial charge is 0.272 e. The van der Waals surface area contributed by atoms with E-state index >= 15 is 0 Å². The van der Waals surface area contributed by atoms with Crippen molar-refractivity contribution in [1.29, 1.82) is 0 Å². The Morgan fingerprint density at radius 1 is 0.897 bits per heavy atom. The molecule has 0 spiro atoms. The lowest BCUT2D eigenvalue weighted by Crippen LogP contribution is -2.49. The molecule has 1 N–H and O–H groups in total. The number of rotatable bonds is 6. The summed E-state index contributed by atoms with van der Waals surface area (Å²) in [6, 6.07) is 20.0. The summed E-state index contributed by atoms with van der Waals surface area (Å²) in [6.45, 7) is 3.74. The summed E-state index contributed by atoms with van der Waals surface area (Å²) in [5, 5.41) is 3.36. The minimum Gasteiger partial charge on any atom is -0.383 e. The molecular formula is C23H25N5O. The van der Waals surface area contributed by atoms with Gasteiger partial charge in [0, 0.05) is 38.9 Å². The Morgan fingerprint density at radius 2 is 1.69 bits per heavy atom. The normalized spacial score (nSPS) is 13.9. The van der Waals surface area contributed by atoms with Crippen molar-refractivity contribution < 1.29 is 4.79 Å². The van der Waals surface area contributed by atoms with E-state index in [1.165, 1.54) is 5.56 Å². The molecule has 1 aliphatic rings. The number of anilines is 2. The van der Waals surface area contributed by atoms with Crippen LogP contribution >= 0.6 is 0 Å². The summed E-state index contributed by atoms with van der Waals surface area (Å²) in [6.07, 6.45) is 4.48. The first-order valence-electron chi connectivity index (χ1n) is 9.99. The maximum Gasteiger partial charge on any atom is 0.272 e. The maximum atomic E-state index is 12.8. The van der Waals surface area contributed by atoms with E-state index < -0.39 is 0 Å². The molecule has 6 heteroatoms. The van der Waals surface area contributed by atoms with Crippen molar-refractivity contribution in [2.75, 3.05) is 42.9 Å². The van der Waals surface area contributed by atoms with Crippen molar-refractivity contribution >= 4 is 17.4 Å². The third-order valence-corrected chi connectivity index (χ3v) is 5.11. The molecule has 0 aliphatic carbocycles. The van der Waals surface area contributed by atoms with Gasteiger partial charge in [-0.2, -0.15) is 0 Å². The first-order chi connectivity index (χ1) is 14.3. The lowest BCUT2D eigenvalue weighted by atomic mass is 10.1. The first-order valence-corrected chi connectivity index (χ1v) is 9.99. The third-order valence-electron chi connectivity index (χ3n) is 5.11. The number of aromatic nitrogens is 2. The molecular weight excluding hydrogens is 362 g/mol. The van der Waals surface area contributed by atoms with Crippen molar-refractivity contribution in [2.45, 2.75) is 6.42 Å². The Hall–Kier alpha value is -3.41. The van der Waals surface area contributed by atoms with E-state index in [9.17, 15) is 4.79 Å². The van der Waals surface area contributed by atoms with Crippen molar-refractivity contribution in [3.8, 4) is 0 Å². The second-order valence-electron chi connectivity index (χ2n) is 7.06. The molecule has 148 valence electrons. The number of pyridine rings is 2. The second-order valence-corrected chi connectivity index (χ2v) is 7.06. The SMILES string of the molecule is O=C(c1ccc(NCCc2ccccc2)cn1)N1CCN(c2ccccn2)CC1. The van der Waals surface area contributed by atoms with Crippen LogP contribution in [0.3, 0.4) is 0 Å². The molecule has 6 nitrogen and oxygen atoms in total. The van der Waals surface area contributed by atoms with Crippen LogP contribution in [-0.2, 0) is 6.42 Å². The van der Waals surface area contributed by atoms with Gasteiger partial charge in [-0.1, -0.05) is 36.4 Å². The monoisotopic (exact) mass is 387 g/mol. The van der Waals surface area contributed by atoms with Crippen LogP contribution in [0.15, 0.2) is 73.1 Å². The van der Waals surface area contributed by atoms with E-state index in [1.807, 2.05) is 47.4 Å². The average molecular weight is 387 g/mol. The van der Waals surface area contributed by atoms with Crippen LogP contribution in [0.2, 0.25) is 0 Å². The molecule has 1 aromatic carbocycles. The van der Waals surface area contributed by atoms with Crippen LogP contribution in [-0.4, -0.2) is 53.5 Å². The quantitative estimate of drug-likeness (QED) is 0.704. The zero-order valence-electron chi connectivity index (χ0n) is 16.4. The number of carbonyl (C=O) groups excluding carboxylic acids is 1. The highest BCUT2D eigenvalue weighted by atomic mass is 16.2. The first kappa shape index (κ1) is 18.9. The number of benzene rings is 1. The van der Waals surface area contributed by atoms with Crippen molar-refractivity contribution in [1.82, 2.24) is 14.9 Å². The van der Waals surface area contributed by atoms with E-state index in [0.717, 1.165) is 37.6 Å². The Kier molecular flexibility index (Phi) is 6.00. The fourth-order valence-corrected chi connectivity index (χ4v) is 3.46. The lowest BCUT2D eigenvalue weighted by molar-refractivity contribution is 0.0740. The molecule has 2 aromatic heterocycles. The van der Waals surface area contributed by atoms with Crippen LogP contribution in [0.1, 0.15) is 16.1 Å². The number of carbonyl (C=O) groups is 1. The van der Waals surface area contributed by atoms with Gasteiger partial charge in [0.2, 0.25) is 0 Å². The number of amides is 1. The van der Waals surface area contributed by atoms with Crippen LogP contribution in [0.25, 0.3) is 0 Å². The number of hydrogen-bond acceptors (Lipinski definition) is 5. The maximum absolute atomic E-state index is 12.8. The van der Waals surface area contributed by atoms with Gasteiger partial charge >= 0.3 is 0 Å². The highest BCUT2D eigenvalue weighted by Crippen LogP contribution is 2.15. The molecule has 29 heavy (non-hydrogen) atoms. The van der Waals surface area contributed by atoms with Crippen molar-refractivity contribution in [2.24, 2.45) is 0 Å². The van der Waals surface area contributed by atoms with Gasteiger partial charge in [0.25, 0.3) is 5.91 Å². The average Bonchev–Trinajstić information content (AvgIpc) is 2.80. The minimum atomic E-state index is -0.0125. The molecule has 0 radical (unpaired) electrons. The van der Waals surface area contributed by atoms with Gasteiger partial charge < -0.3 is 15.1 Å². The van der Waals surface area contributed by atoms with Gasteiger partial charge in [-0.3, -0.25) is 4.79 Å². The fourth-order valence-electron chi connectivity index (χ4n) is 3.46. The van der Waals surface area contributed by atoms with E-state index in [0.29, 0.717) is 18.8 Å². The molecule has 0 saturated carbocycles. The molecule has 1 saturated heterocycles. The van der Waals surface area contributed by atoms with Gasteiger partial charge in [-0.25, -0.2) is 9.97 Å². The Balaban J connectivity index is 1.27. The van der Waals surface area contributed by atoms with Gasteiger partial charge in [-0.05, 0) is 36.2 Å². The van der Waals surface area contributed by atoms with Crippen LogP contribution in [0, 0.1) is 0 Å². The van der Waals surface area contributed by atoms with E-state index in [4.69, 9.17) is 0 Å². The standard InChI is InChI=1S/C23H25N5O/c29-23(28-16-14-27(15-17-28)22-8-4-5-12-25-22)21-10-9-20(18-26-21)24-13-11-19-6-2-1-3-7-19/h1-10,12,18,24H,11,13-17H2. The summed E-state index contributed by atoms with van der Waals surface area (Å²) >= 11 is 0. The molecule has 0 bridgehead atoms. The Morgan fingerprint density at radius 3 is 2.38 bits per heavy atom. The number of nitrogens with zero attached hydrogens (tertiary/aromatic N) is 4.